The molecule has 0 unspecified atom stereocenters. The molecule has 5 heteroatoms. The topological polar surface area (TPSA) is 20.3 Å². The van der Waals surface area contributed by atoms with Gasteiger partial charge in [0.15, 0.2) is 0 Å². The fraction of sp³-hybridized carbons (Fsp3) is 0.500. The molecule has 1 aromatic carbocycles. The van der Waals surface area contributed by atoms with Gasteiger partial charge in [0.2, 0.25) is 0 Å². The van der Waals surface area contributed by atoms with E-state index in [1.807, 2.05) is 13.8 Å². The van der Waals surface area contributed by atoms with Crippen molar-refractivity contribution in [2.45, 2.75) is 38.4 Å². The van der Waals surface area contributed by atoms with Crippen LogP contribution in [0.25, 0.3) is 0 Å². The van der Waals surface area contributed by atoms with Crippen molar-refractivity contribution in [2.75, 3.05) is 11.4 Å². The van der Waals surface area contributed by atoms with Crippen LogP contribution in [-0.2, 0) is 6.18 Å². The highest BCUT2D eigenvalue weighted by Crippen LogP contribution is 2.42. The van der Waals surface area contributed by atoms with Crippen LogP contribution in [0.2, 0.25) is 0 Å². The average molecular weight is 271 g/mol. The molecule has 1 heterocycles. The van der Waals surface area contributed by atoms with E-state index in [0.29, 0.717) is 12.8 Å². The summed E-state index contributed by atoms with van der Waals surface area (Å²) in [6.07, 6.45) is -2.28. The SMILES string of the molecule is CC1(C)CCCN1c1ccc(C=O)cc1C(F)(F)F. The third kappa shape index (κ3) is 2.60. The maximum absolute atomic E-state index is 13.1. The zero-order chi connectivity index (χ0) is 14.3. The molecule has 1 aliphatic heterocycles. The summed E-state index contributed by atoms with van der Waals surface area (Å²) >= 11 is 0. The van der Waals surface area contributed by atoms with E-state index in [1.54, 1.807) is 4.90 Å². The molecule has 0 amide bonds. The molecule has 0 N–H and O–H groups in total. The normalized spacial score (nSPS) is 18.7. The molecule has 0 bridgehead atoms. The zero-order valence-corrected chi connectivity index (χ0v) is 10.9. The fourth-order valence-electron chi connectivity index (χ4n) is 2.64. The second-order valence-electron chi connectivity index (χ2n) is 5.46. The first-order chi connectivity index (χ1) is 8.75. The van der Waals surface area contributed by atoms with Crippen molar-refractivity contribution in [3.05, 3.63) is 29.3 Å². The summed E-state index contributed by atoms with van der Waals surface area (Å²) in [6.45, 7) is 4.48. The molecule has 0 aromatic heterocycles. The summed E-state index contributed by atoms with van der Waals surface area (Å²) in [5.74, 6) is 0. The van der Waals surface area contributed by atoms with E-state index in [0.717, 1.165) is 18.9 Å². The Morgan fingerprint density at radius 3 is 2.47 bits per heavy atom. The predicted octanol–water partition coefficient (Wildman–Crippen LogP) is 3.90. The lowest BCUT2D eigenvalue weighted by Gasteiger charge is -2.35. The highest BCUT2D eigenvalue weighted by atomic mass is 19.4. The Bertz CT molecular complexity index is 494. The van der Waals surface area contributed by atoms with Gasteiger partial charge in [-0.25, -0.2) is 0 Å². The number of alkyl halides is 3. The zero-order valence-electron chi connectivity index (χ0n) is 10.9. The minimum absolute atomic E-state index is 0.0491. The summed E-state index contributed by atoms with van der Waals surface area (Å²) in [7, 11) is 0. The van der Waals surface area contributed by atoms with Crippen LogP contribution in [0.15, 0.2) is 18.2 Å². The maximum atomic E-state index is 13.1. The molecule has 2 rings (SSSR count). The lowest BCUT2D eigenvalue weighted by atomic mass is 9.99. The van der Waals surface area contributed by atoms with Gasteiger partial charge in [0.05, 0.1) is 5.56 Å². The van der Waals surface area contributed by atoms with Gasteiger partial charge in [-0.3, -0.25) is 4.79 Å². The summed E-state index contributed by atoms with van der Waals surface area (Å²) in [5, 5.41) is 0. The largest absolute Gasteiger partial charge is 0.418 e. The standard InChI is InChI=1S/C14H16F3NO/c1-13(2)6-3-7-18(13)12-5-4-10(9-19)8-11(12)14(15,16)17/h4-5,8-9H,3,6-7H2,1-2H3. The fourth-order valence-corrected chi connectivity index (χ4v) is 2.64. The number of anilines is 1. The molecular weight excluding hydrogens is 255 g/mol. The third-order valence-corrected chi connectivity index (χ3v) is 3.65. The van der Waals surface area contributed by atoms with Gasteiger partial charge in [0.1, 0.15) is 6.29 Å². The lowest BCUT2D eigenvalue weighted by Crippen LogP contribution is -2.39. The van der Waals surface area contributed by atoms with E-state index in [2.05, 4.69) is 0 Å². The molecule has 0 spiro atoms. The van der Waals surface area contributed by atoms with Crippen LogP contribution >= 0.6 is 0 Å². The lowest BCUT2D eigenvalue weighted by molar-refractivity contribution is -0.137. The molecule has 1 fully saturated rings. The second kappa shape index (κ2) is 4.54. The summed E-state index contributed by atoms with van der Waals surface area (Å²) in [5.41, 5.74) is -0.802. The third-order valence-electron chi connectivity index (χ3n) is 3.65. The minimum atomic E-state index is -4.45. The summed E-state index contributed by atoms with van der Waals surface area (Å²) in [4.78, 5) is 12.4. The van der Waals surface area contributed by atoms with Crippen molar-refractivity contribution in [1.82, 2.24) is 0 Å². The van der Waals surface area contributed by atoms with Crippen molar-refractivity contribution in [1.29, 1.82) is 0 Å². The molecule has 0 aliphatic carbocycles. The van der Waals surface area contributed by atoms with Gasteiger partial charge in [-0.15, -0.1) is 0 Å². The number of halogens is 3. The van der Waals surface area contributed by atoms with Crippen molar-refractivity contribution in [3.8, 4) is 0 Å². The Hall–Kier alpha value is -1.52. The van der Waals surface area contributed by atoms with Crippen LogP contribution < -0.4 is 4.90 Å². The average Bonchev–Trinajstić information content (AvgIpc) is 2.67. The van der Waals surface area contributed by atoms with E-state index >= 15 is 0 Å². The smallest absolute Gasteiger partial charge is 0.366 e. The van der Waals surface area contributed by atoms with Crippen LogP contribution in [0.4, 0.5) is 18.9 Å². The van der Waals surface area contributed by atoms with Crippen molar-refractivity contribution in [3.63, 3.8) is 0 Å². The van der Waals surface area contributed by atoms with Crippen LogP contribution in [0.5, 0.6) is 0 Å². The van der Waals surface area contributed by atoms with E-state index in [9.17, 15) is 18.0 Å². The second-order valence-corrected chi connectivity index (χ2v) is 5.46. The van der Waals surface area contributed by atoms with E-state index in [-0.39, 0.29) is 16.8 Å². The molecule has 0 atom stereocenters. The molecular formula is C14H16F3NO. The Kier molecular flexibility index (Phi) is 3.32. The van der Waals surface area contributed by atoms with Crippen LogP contribution in [-0.4, -0.2) is 18.4 Å². The first-order valence-electron chi connectivity index (χ1n) is 6.20. The number of rotatable bonds is 2. The number of nitrogens with zero attached hydrogens (tertiary/aromatic N) is 1. The Balaban J connectivity index is 2.54. The first kappa shape index (κ1) is 13.9. The van der Waals surface area contributed by atoms with Gasteiger partial charge in [-0.2, -0.15) is 13.2 Å². The van der Waals surface area contributed by atoms with Gasteiger partial charge in [0.25, 0.3) is 0 Å². The number of benzene rings is 1. The maximum Gasteiger partial charge on any atom is 0.418 e. The Morgan fingerprint density at radius 2 is 2.00 bits per heavy atom. The van der Waals surface area contributed by atoms with Gasteiger partial charge in [-0.1, -0.05) is 0 Å². The van der Waals surface area contributed by atoms with Gasteiger partial charge < -0.3 is 4.90 Å². The summed E-state index contributed by atoms with van der Waals surface area (Å²) in [6, 6.07) is 3.77. The molecule has 1 aromatic rings. The number of hydrogen-bond acceptors (Lipinski definition) is 2. The Labute approximate surface area is 110 Å². The van der Waals surface area contributed by atoms with Crippen LogP contribution in [0.3, 0.4) is 0 Å². The summed E-state index contributed by atoms with van der Waals surface area (Å²) < 4.78 is 39.4. The predicted molar refractivity (Wildman–Crippen MR) is 67.5 cm³/mol. The van der Waals surface area contributed by atoms with E-state index in [1.165, 1.54) is 12.1 Å². The first-order valence-corrected chi connectivity index (χ1v) is 6.20. The quantitative estimate of drug-likeness (QED) is 0.760. The highest BCUT2D eigenvalue weighted by Gasteiger charge is 2.40. The number of aldehydes is 1. The van der Waals surface area contributed by atoms with E-state index < -0.39 is 11.7 Å². The Morgan fingerprint density at radius 1 is 1.32 bits per heavy atom. The molecule has 0 radical (unpaired) electrons. The van der Waals surface area contributed by atoms with Crippen LogP contribution in [0.1, 0.15) is 42.6 Å². The molecule has 19 heavy (non-hydrogen) atoms. The molecule has 1 aliphatic rings. The van der Waals surface area contributed by atoms with Crippen molar-refractivity contribution >= 4 is 12.0 Å². The molecule has 0 saturated carbocycles. The number of carbonyl (C=O) groups excluding carboxylic acids is 1. The molecule has 1 saturated heterocycles. The highest BCUT2D eigenvalue weighted by molar-refractivity contribution is 5.77. The van der Waals surface area contributed by atoms with Gasteiger partial charge in [-0.05, 0) is 44.9 Å². The van der Waals surface area contributed by atoms with Crippen molar-refractivity contribution < 1.29 is 18.0 Å². The van der Waals surface area contributed by atoms with Crippen LogP contribution in [0, 0.1) is 0 Å². The van der Waals surface area contributed by atoms with Gasteiger partial charge in [0, 0.05) is 23.3 Å². The minimum Gasteiger partial charge on any atom is -0.366 e. The molecule has 104 valence electrons. The molecule has 2 nitrogen and oxygen atoms in total. The monoisotopic (exact) mass is 271 g/mol. The van der Waals surface area contributed by atoms with Gasteiger partial charge >= 0.3 is 6.18 Å². The number of carbonyl (C=O) groups is 1. The van der Waals surface area contributed by atoms with Crippen molar-refractivity contribution in [2.24, 2.45) is 0 Å². The number of hydrogen-bond donors (Lipinski definition) is 0. The van der Waals surface area contributed by atoms with E-state index in [4.69, 9.17) is 0 Å².